The van der Waals surface area contributed by atoms with Crippen LogP contribution in [0.15, 0.2) is 59.6 Å². The molecule has 0 aliphatic rings. The van der Waals surface area contributed by atoms with Gasteiger partial charge in [0, 0.05) is 13.2 Å². The molecule has 0 saturated heterocycles. The maximum atomic E-state index is 13.4. The lowest BCUT2D eigenvalue weighted by atomic mass is 10.2. The molecule has 0 saturated carbocycles. The van der Waals surface area contributed by atoms with Crippen LogP contribution >= 0.6 is 0 Å². The largest absolute Gasteiger partial charge is 0.493 e. The Morgan fingerprint density at radius 1 is 1.09 bits per heavy atom. The number of nitrogens with zero attached hydrogens (tertiary/aromatic N) is 3. The number of alkyl halides is 3. The van der Waals surface area contributed by atoms with Crippen LogP contribution < -0.4 is 13.8 Å². The Hall–Kier alpha value is -3.21. The van der Waals surface area contributed by atoms with Gasteiger partial charge in [0.15, 0.2) is 18.1 Å². The molecule has 0 radical (unpaired) electrons. The van der Waals surface area contributed by atoms with E-state index in [9.17, 15) is 21.6 Å². The van der Waals surface area contributed by atoms with Crippen molar-refractivity contribution in [2.24, 2.45) is 7.05 Å². The first-order valence-electron chi connectivity index (χ1n) is 9.46. The maximum Gasteiger partial charge on any atom is 0.422 e. The summed E-state index contributed by atoms with van der Waals surface area (Å²) in [5.41, 5.74) is 1.38. The van der Waals surface area contributed by atoms with E-state index in [0.717, 1.165) is 0 Å². The highest BCUT2D eigenvalue weighted by Gasteiger charge is 2.30. The molecule has 0 amide bonds. The molecule has 0 spiro atoms. The smallest absolute Gasteiger partial charge is 0.422 e. The van der Waals surface area contributed by atoms with Gasteiger partial charge in [0.2, 0.25) is 0 Å². The summed E-state index contributed by atoms with van der Waals surface area (Å²) in [5, 5.41) is 4.24. The van der Waals surface area contributed by atoms with Gasteiger partial charge < -0.3 is 9.47 Å². The number of rotatable bonds is 8. The van der Waals surface area contributed by atoms with Crippen molar-refractivity contribution in [2.75, 3.05) is 18.0 Å². The van der Waals surface area contributed by atoms with E-state index >= 15 is 0 Å². The first-order chi connectivity index (χ1) is 15.0. The van der Waals surface area contributed by atoms with Crippen molar-refractivity contribution in [3.8, 4) is 11.5 Å². The summed E-state index contributed by atoms with van der Waals surface area (Å²) in [6.45, 7) is 0.128. The number of methoxy groups -OCH3 is 1. The van der Waals surface area contributed by atoms with Gasteiger partial charge in [0.1, 0.15) is 0 Å². The lowest BCUT2D eigenvalue weighted by Gasteiger charge is -2.24. The molecule has 0 bridgehead atoms. The fraction of sp³-hybridized carbons (Fsp3) is 0.286. The molecule has 1 heterocycles. The van der Waals surface area contributed by atoms with E-state index in [0.29, 0.717) is 16.9 Å². The second-order valence-electron chi connectivity index (χ2n) is 6.99. The number of benzene rings is 2. The Morgan fingerprint density at radius 3 is 2.34 bits per heavy atom. The molecule has 32 heavy (non-hydrogen) atoms. The van der Waals surface area contributed by atoms with E-state index in [1.54, 1.807) is 38.4 Å². The number of anilines is 1. The first kappa shape index (κ1) is 23.5. The van der Waals surface area contributed by atoms with E-state index in [-0.39, 0.29) is 22.9 Å². The third-order valence-corrected chi connectivity index (χ3v) is 6.31. The average molecular weight is 469 g/mol. The summed E-state index contributed by atoms with van der Waals surface area (Å²) in [4.78, 5) is 0.0975. The molecule has 0 aliphatic carbocycles. The fourth-order valence-corrected chi connectivity index (χ4v) is 4.62. The third kappa shape index (κ3) is 5.34. The highest BCUT2D eigenvalue weighted by Crippen LogP contribution is 2.33. The summed E-state index contributed by atoms with van der Waals surface area (Å²) in [5.74, 6) is -0.0321. The van der Waals surface area contributed by atoms with Crippen LogP contribution in [0.2, 0.25) is 0 Å². The SMILES string of the molecule is COc1cc(CN(c2cn(C)nc2C)S(=O)(=O)c2ccccc2)ccc1OCC(F)(F)F. The zero-order valence-electron chi connectivity index (χ0n) is 17.6. The van der Waals surface area contributed by atoms with Crippen molar-refractivity contribution in [1.82, 2.24) is 9.78 Å². The Morgan fingerprint density at radius 2 is 1.78 bits per heavy atom. The van der Waals surface area contributed by atoms with Gasteiger partial charge in [-0.05, 0) is 36.8 Å². The number of aryl methyl sites for hydroxylation is 2. The summed E-state index contributed by atoms with van der Waals surface area (Å²) >= 11 is 0. The van der Waals surface area contributed by atoms with Gasteiger partial charge in [-0.1, -0.05) is 24.3 Å². The zero-order chi connectivity index (χ0) is 23.5. The summed E-state index contributed by atoms with van der Waals surface area (Å²) in [6, 6.07) is 12.2. The molecular weight excluding hydrogens is 447 g/mol. The standard InChI is InChI=1S/C21H22F3N3O4S/c1-15-18(13-26(2)25-15)27(32(28,29)17-7-5-4-6-8-17)12-16-9-10-19(20(11-16)30-3)31-14-21(22,23)24/h4-11,13H,12,14H2,1-3H3. The number of aromatic nitrogens is 2. The first-order valence-corrected chi connectivity index (χ1v) is 10.9. The molecule has 3 rings (SSSR count). The van der Waals surface area contributed by atoms with Gasteiger partial charge in [0.25, 0.3) is 10.0 Å². The van der Waals surface area contributed by atoms with Crippen LogP contribution in [-0.4, -0.2) is 38.1 Å². The Kier molecular flexibility index (Phi) is 6.68. The van der Waals surface area contributed by atoms with Crippen LogP contribution in [0.4, 0.5) is 18.9 Å². The number of halogens is 3. The van der Waals surface area contributed by atoms with E-state index in [1.807, 2.05) is 0 Å². The van der Waals surface area contributed by atoms with Crippen LogP contribution in [0.3, 0.4) is 0 Å². The Bertz CT molecular complexity index is 1180. The normalized spacial score (nSPS) is 11.9. The van der Waals surface area contributed by atoms with Gasteiger partial charge in [-0.15, -0.1) is 0 Å². The van der Waals surface area contributed by atoms with Crippen molar-refractivity contribution in [3.63, 3.8) is 0 Å². The maximum absolute atomic E-state index is 13.4. The fourth-order valence-electron chi connectivity index (χ4n) is 3.11. The second kappa shape index (κ2) is 9.11. The number of ether oxygens (including phenoxy) is 2. The van der Waals surface area contributed by atoms with E-state index in [1.165, 1.54) is 46.4 Å². The molecule has 0 unspecified atom stereocenters. The van der Waals surface area contributed by atoms with Gasteiger partial charge >= 0.3 is 6.18 Å². The van der Waals surface area contributed by atoms with E-state index in [4.69, 9.17) is 9.47 Å². The minimum absolute atomic E-state index is 0.0618. The summed E-state index contributed by atoms with van der Waals surface area (Å²) in [6.07, 6.45) is -2.91. The molecule has 0 N–H and O–H groups in total. The van der Waals surface area contributed by atoms with Crippen molar-refractivity contribution >= 4 is 15.7 Å². The average Bonchev–Trinajstić information content (AvgIpc) is 3.08. The third-order valence-electron chi connectivity index (χ3n) is 4.53. The lowest BCUT2D eigenvalue weighted by molar-refractivity contribution is -0.153. The molecular formula is C21H22F3N3O4S. The second-order valence-corrected chi connectivity index (χ2v) is 8.85. The molecule has 0 atom stereocenters. The predicted molar refractivity (Wildman–Crippen MR) is 112 cm³/mol. The quantitative estimate of drug-likeness (QED) is 0.497. The molecule has 11 heteroatoms. The van der Waals surface area contributed by atoms with Crippen LogP contribution in [0.5, 0.6) is 11.5 Å². The van der Waals surface area contributed by atoms with Crippen LogP contribution in [0, 0.1) is 6.92 Å². The van der Waals surface area contributed by atoms with E-state index in [2.05, 4.69) is 5.10 Å². The minimum atomic E-state index is -4.50. The Balaban J connectivity index is 1.99. The highest BCUT2D eigenvalue weighted by molar-refractivity contribution is 7.92. The van der Waals surface area contributed by atoms with Gasteiger partial charge in [-0.3, -0.25) is 8.99 Å². The van der Waals surface area contributed by atoms with Gasteiger partial charge in [-0.2, -0.15) is 18.3 Å². The van der Waals surface area contributed by atoms with Gasteiger partial charge in [0.05, 0.1) is 29.9 Å². The summed E-state index contributed by atoms with van der Waals surface area (Å²) in [7, 11) is -0.986. The van der Waals surface area contributed by atoms with Crippen LogP contribution in [0.25, 0.3) is 0 Å². The van der Waals surface area contributed by atoms with Crippen molar-refractivity contribution < 1.29 is 31.1 Å². The van der Waals surface area contributed by atoms with Gasteiger partial charge in [-0.25, -0.2) is 8.42 Å². The topological polar surface area (TPSA) is 73.7 Å². The van der Waals surface area contributed by atoms with Crippen molar-refractivity contribution in [2.45, 2.75) is 24.5 Å². The lowest BCUT2D eigenvalue weighted by Crippen LogP contribution is -2.31. The monoisotopic (exact) mass is 469 g/mol. The highest BCUT2D eigenvalue weighted by atomic mass is 32.2. The van der Waals surface area contributed by atoms with Crippen LogP contribution in [0.1, 0.15) is 11.3 Å². The molecule has 0 aliphatic heterocycles. The minimum Gasteiger partial charge on any atom is -0.493 e. The number of hydrogen-bond donors (Lipinski definition) is 0. The Labute approximate surface area is 184 Å². The van der Waals surface area contributed by atoms with E-state index < -0.39 is 22.8 Å². The summed E-state index contributed by atoms with van der Waals surface area (Å²) < 4.78 is 77.1. The molecule has 172 valence electrons. The molecule has 1 aromatic heterocycles. The molecule has 3 aromatic rings. The molecule has 0 fully saturated rings. The molecule has 2 aromatic carbocycles. The predicted octanol–water partition coefficient (Wildman–Crippen LogP) is 4.07. The number of sulfonamides is 1. The van der Waals surface area contributed by atoms with Crippen LogP contribution in [-0.2, 0) is 23.6 Å². The number of hydrogen-bond acceptors (Lipinski definition) is 5. The molecule has 7 nitrogen and oxygen atoms in total. The van der Waals surface area contributed by atoms with Crippen molar-refractivity contribution in [3.05, 3.63) is 66.0 Å². The zero-order valence-corrected chi connectivity index (χ0v) is 18.4. The van der Waals surface area contributed by atoms with Crippen molar-refractivity contribution in [1.29, 1.82) is 0 Å².